The highest BCUT2D eigenvalue weighted by atomic mass is 79.9. The maximum atomic E-state index is 13.9. The van der Waals surface area contributed by atoms with Gasteiger partial charge >= 0.3 is 12.2 Å². The minimum Gasteiger partial charge on any atom is -0.465 e. The van der Waals surface area contributed by atoms with E-state index in [1.54, 1.807) is 27.7 Å². The van der Waals surface area contributed by atoms with Crippen LogP contribution in [0.15, 0.2) is 77.3 Å². The molecule has 3 aromatic carbocycles. The van der Waals surface area contributed by atoms with E-state index in [0.717, 1.165) is 34.1 Å². The lowest BCUT2D eigenvalue weighted by Gasteiger charge is -2.39. The molecule has 0 bridgehead atoms. The van der Waals surface area contributed by atoms with Crippen LogP contribution in [-0.4, -0.2) is 81.0 Å². The lowest BCUT2D eigenvalue weighted by atomic mass is 9.84. The van der Waals surface area contributed by atoms with Crippen molar-refractivity contribution in [3.63, 3.8) is 0 Å². The quantitative estimate of drug-likeness (QED) is 0.123. The first-order chi connectivity index (χ1) is 28.4. The Balaban J connectivity index is 1.32. The van der Waals surface area contributed by atoms with Crippen molar-refractivity contribution in [1.29, 1.82) is 0 Å². The van der Waals surface area contributed by atoms with Crippen molar-refractivity contribution in [3.8, 4) is 0 Å². The Labute approximate surface area is 358 Å². The Hall–Kier alpha value is -5.64. The highest BCUT2D eigenvalue weighted by Gasteiger charge is 2.53. The summed E-state index contributed by atoms with van der Waals surface area (Å²) in [6, 6.07) is 21.0. The number of hydrogen-bond acceptors (Lipinski definition) is 7. The van der Waals surface area contributed by atoms with Crippen LogP contribution in [0.25, 0.3) is 0 Å². The van der Waals surface area contributed by atoms with Gasteiger partial charge in [-0.1, -0.05) is 92.2 Å². The maximum Gasteiger partial charge on any atom is 0.405 e. The van der Waals surface area contributed by atoms with Gasteiger partial charge in [0, 0.05) is 23.2 Å². The Bertz CT molecular complexity index is 1990. The monoisotopic (exact) mass is 887 g/mol. The molecule has 16 heteroatoms. The number of carbonyl (C=O) groups excluding carboxylic acids is 4. The summed E-state index contributed by atoms with van der Waals surface area (Å²) in [5, 5.41) is 23.6. The minimum atomic E-state index is -1.45. The molecule has 2 unspecified atom stereocenters. The number of benzene rings is 3. The second kappa shape index (κ2) is 17.5. The first kappa shape index (κ1) is 43.9. The molecule has 0 spiro atoms. The van der Waals surface area contributed by atoms with Crippen molar-refractivity contribution >= 4 is 57.4 Å². The smallest absolute Gasteiger partial charge is 0.405 e. The molecule has 3 aliphatic heterocycles. The highest BCUT2D eigenvalue weighted by molar-refractivity contribution is 9.10. The molecule has 3 aliphatic rings. The van der Waals surface area contributed by atoms with Crippen molar-refractivity contribution in [2.24, 2.45) is 23.3 Å². The zero-order chi connectivity index (χ0) is 43.7. The van der Waals surface area contributed by atoms with E-state index in [4.69, 9.17) is 11.5 Å². The summed E-state index contributed by atoms with van der Waals surface area (Å²) in [6.07, 6.45) is 0.525. The van der Waals surface area contributed by atoms with E-state index in [1.165, 1.54) is 9.80 Å². The van der Waals surface area contributed by atoms with Crippen LogP contribution in [-0.2, 0) is 30.3 Å². The average Bonchev–Trinajstić information content (AvgIpc) is 3.97. The van der Waals surface area contributed by atoms with Gasteiger partial charge < -0.3 is 47.0 Å². The van der Waals surface area contributed by atoms with Crippen molar-refractivity contribution in [1.82, 2.24) is 20.4 Å². The van der Waals surface area contributed by atoms with Gasteiger partial charge in [-0.05, 0) is 96.9 Å². The van der Waals surface area contributed by atoms with Crippen LogP contribution < -0.4 is 27.0 Å². The largest absolute Gasteiger partial charge is 0.465 e. The third-order valence-corrected chi connectivity index (χ3v) is 13.1. The number of nitrogens with one attached hydrogen (secondary N) is 2. The summed E-state index contributed by atoms with van der Waals surface area (Å²) in [4.78, 5) is 83.0. The molecule has 0 saturated carbocycles. The fraction of sp³-hybridized carbons (Fsp3) is 0.455. The molecule has 3 aromatic rings. The van der Waals surface area contributed by atoms with Gasteiger partial charge in [-0.15, -0.1) is 0 Å². The van der Waals surface area contributed by atoms with Crippen LogP contribution in [0.4, 0.5) is 15.3 Å². The molecule has 3 heterocycles. The van der Waals surface area contributed by atoms with E-state index < -0.39 is 59.0 Å². The van der Waals surface area contributed by atoms with E-state index in [-0.39, 0.29) is 37.0 Å². The number of amides is 6. The summed E-state index contributed by atoms with van der Waals surface area (Å²) in [7, 11) is 0. The molecule has 320 valence electrons. The van der Waals surface area contributed by atoms with Crippen molar-refractivity contribution in [2.75, 3.05) is 18.0 Å². The Morgan fingerprint density at radius 2 is 1.00 bits per heavy atom. The summed E-state index contributed by atoms with van der Waals surface area (Å²) >= 11 is 3.56. The molecule has 0 aromatic heterocycles. The molecule has 6 atom stereocenters. The number of primary amides is 2. The molecule has 3 saturated heterocycles. The van der Waals surface area contributed by atoms with Gasteiger partial charge in [-0.2, -0.15) is 0 Å². The second-order valence-corrected chi connectivity index (χ2v) is 17.6. The number of hydrogen-bond donors (Lipinski definition) is 6. The number of likely N-dealkylation sites (tertiary alicyclic amines) is 2. The molecular weight excluding hydrogens is 834 g/mol. The van der Waals surface area contributed by atoms with Gasteiger partial charge in [0.25, 0.3) is 0 Å². The second-order valence-electron chi connectivity index (χ2n) is 16.7. The Morgan fingerprint density at radius 3 is 1.32 bits per heavy atom. The van der Waals surface area contributed by atoms with Crippen LogP contribution in [0.1, 0.15) is 101 Å². The number of halogens is 1. The molecule has 8 N–H and O–H groups in total. The molecule has 6 amide bonds. The number of carboxylic acid groups (broad SMARTS) is 2. The van der Waals surface area contributed by atoms with Gasteiger partial charge in [0.15, 0.2) is 0 Å². The van der Waals surface area contributed by atoms with Crippen LogP contribution in [0.2, 0.25) is 0 Å². The van der Waals surface area contributed by atoms with Crippen molar-refractivity contribution < 1.29 is 39.0 Å². The van der Waals surface area contributed by atoms with E-state index in [9.17, 15) is 39.0 Å². The van der Waals surface area contributed by atoms with Gasteiger partial charge in [0.2, 0.25) is 23.6 Å². The predicted molar refractivity (Wildman–Crippen MR) is 227 cm³/mol. The molecule has 0 aliphatic carbocycles. The van der Waals surface area contributed by atoms with E-state index in [0.29, 0.717) is 36.8 Å². The Morgan fingerprint density at radius 1 is 0.633 bits per heavy atom. The summed E-state index contributed by atoms with van der Waals surface area (Å²) in [6.45, 7) is 7.47. The van der Waals surface area contributed by atoms with Gasteiger partial charge in [0.05, 0.1) is 12.1 Å². The summed E-state index contributed by atoms with van der Waals surface area (Å²) in [5.74, 6) is -3.09. The zero-order valence-corrected chi connectivity index (χ0v) is 35.9. The normalized spacial score (nSPS) is 23.8. The van der Waals surface area contributed by atoms with Gasteiger partial charge in [0.1, 0.15) is 23.2 Å². The maximum absolute atomic E-state index is 13.9. The standard InChI is InChI=1S/C44H54BrN7O8/c1-25(2)35(48-41(57)58)37(53)50-23-5-21-43(50,39(46)55)29-11-7-27(8-12-29)33-19-20-34(52(33)32-17-15-31(45)16-18-32)28-9-13-30(14-10-28)44(40(47)56)22-6-24-51(44)38(54)36(26(3)4)49-42(59)60/h7-18,25-26,33-36,48-49H,5-6,19-24H2,1-4H3,(H2,46,55)(H2,47,56)(H,57,58)(H,59,60)/t33?,34?,35-,36-,43-,44-/m0/s1. The SMILES string of the molecule is CC(C)[C@H](NC(=O)O)C(=O)N1CCC[C@@]1(C(N)=O)c1ccc(C2CCC(c3ccc([C@]4(C(N)=O)CCCN4C(=O)[C@@H](NC(=O)O)C(C)C)cc3)N2c2ccc(Br)cc2)cc1. The Kier molecular flexibility index (Phi) is 12.8. The van der Waals surface area contributed by atoms with E-state index in [2.05, 4.69) is 31.5 Å². The van der Waals surface area contributed by atoms with Gasteiger partial charge in [-0.25, -0.2) is 9.59 Å². The number of nitrogens with two attached hydrogens (primary N) is 2. The molecule has 6 rings (SSSR count). The molecule has 0 radical (unpaired) electrons. The van der Waals surface area contributed by atoms with Gasteiger partial charge in [-0.3, -0.25) is 19.2 Å². The van der Waals surface area contributed by atoms with Crippen LogP contribution in [0, 0.1) is 11.8 Å². The summed E-state index contributed by atoms with van der Waals surface area (Å²) in [5.41, 5.74) is 13.4. The van der Waals surface area contributed by atoms with Crippen molar-refractivity contribution in [2.45, 2.75) is 101 Å². The molecule has 3 fully saturated rings. The zero-order valence-electron chi connectivity index (χ0n) is 34.3. The predicted octanol–water partition coefficient (Wildman–Crippen LogP) is 5.72. The molecular formula is C44H54BrN7O8. The lowest BCUT2D eigenvalue weighted by Crippen LogP contribution is -2.59. The topological polar surface area (TPSA) is 229 Å². The van der Waals surface area contributed by atoms with Crippen LogP contribution >= 0.6 is 15.9 Å². The fourth-order valence-electron chi connectivity index (χ4n) is 9.66. The van der Waals surface area contributed by atoms with Crippen LogP contribution in [0.5, 0.6) is 0 Å². The van der Waals surface area contributed by atoms with Crippen LogP contribution in [0.3, 0.4) is 0 Å². The van der Waals surface area contributed by atoms with E-state index >= 15 is 0 Å². The number of carbonyl (C=O) groups is 6. The third-order valence-electron chi connectivity index (χ3n) is 12.6. The fourth-order valence-corrected chi connectivity index (χ4v) is 9.93. The first-order valence-corrected chi connectivity index (χ1v) is 21.2. The minimum absolute atomic E-state index is 0.101. The lowest BCUT2D eigenvalue weighted by molar-refractivity contribution is -0.146. The molecule has 60 heavy (non-hydrogen) atoms. The number of anilines is 1. The highest BCUT2D eigenvalue weighted by Crippen LogP contribution is 2.49. The number of nitrogens with zero attached hydrogens (tertiary/aromatic N) is 3. The number of rotatable bonds is 13. The summed E-state index contributed by atoms with van der Waals surface area (Å²) < 4.78 is 0.920. The first-order valence-electron chi connectivity index (χ1n) is 20.4. The average molecular weight is 889 g/mol. The molecule has 15 nitrogen and oxygen atoms in total. The van der Waals surface area contributed by atoms with Crippen molar-refractivity contribution in [3.05, 3.63) is 99.5 Å². The third kappa shape index (κ3) is 8.00. The van der Waals surface area contributed by atoms with E-state index in [1.807, 2.05) is 72.8 Å².